The first kappa shape index (κ1) is 14.9. The maximum absolute atomic E-state index is 12.2. The monoisotopic (exact) mass is 287 g/mol. The van der Waals surface area contributed by atoms with E-state index in [0.717, 1.165) is 5.56 Å². The Kier molecular flexibility index (Phi) is 4.79. The predicted molar refractivity (Wildman–Crippen MR) is 78.4 cm³/mol. The summed E-state index contributed by atoms with van der Waals surface area (Å²) in [7, 11) is 1.44. The molecule has 2 rings (SSSR count). The highest BCUT2D eigenvalue weighted by atomic mass is 16.5. The molecule has 5 nitrogen and oxygen atoms in total. The summed E-state index contributed by atoms with van der Waals surface area (Å²) >= 11 is 0. The molecule has 1 atom stereocenters. The number of benzene rings is 2. The van der Waals surface area contributed by atoms with E-state index in [1.807, 2.05) is 30.3 Å². The van der Waals surface area contributed by atoms with Crippen LogP contribution in [0.15, 0.2) is 48.5 Å². The average molecular weight is 287 g/mol. The molecule has 0 aliphatic carbocycles. The molecule has 2 aromatic rings. The molecule has 5 heteroatoms. The number of carbonyl (C=O) groups is 1. The van der Waals surface area contributed by atoms with Gasteiger partial charge in [-0.2, -0.15) is 0 Å². The molecule has 0 aliphatic rings. The maximum Gasteiger partial charge on any atom is 0.251 e. The molecule has 0 bridgehead atoms. The highest BCUT2D eigenvalue weighted by Gasteiger charge is 2.16. The lowest BCUT2D eigenvalue weighted by Crippen LogP contribution is -2.30. The highest BCUT2D eigenvalue weighted by molar-refractivity contribution is 5.95. The van der Waals surface area contributed by atoms with Gasteiger partial charge in [-0.25, -0.2) is 0 Å². The van der Waals surface area contributed by atoms with Gasteiger partial charge >= 0.3 is 0 Å². The van der Waals surface area contributed by atoms with E-state index in [-0.39, 0.29) is 18.3 Å². The number of amides is 1. The number of aliphatic hydroxyl groups is 1. The molecule has 0 saturated carbocycles. The van der Waals surface area contributed by atoms with Crippen LogP contribution in [0.2, 0.25) is 0 Å². The van der Waals surface area contributed by atoms with Crippen molar-refractivity contribution in [1.29, 1.82) is 0 Å². The minimum Gasteiger partial charge on any atom is -0.504 e. The van der Waals surface area contributed by atoms with Crippen LogP contribution in [0, 0.1) is 0 Å². The smallest absolute Gasteiger partial charge is 0.251 e. The topological polar surface area (TPSA) is 78.8 Å². The van der Waals surface area contributed by atoms with E-state index in [4.69, 9.17) is 4.74 Å². The fourth-order valence-corrected chi connectivity index (χ4v) is 1.99. The van der Waals surface area contributed by atoms with Crippen molar-refractivity contribution >= 4 is 5.91 Å². The molecule has 1 amide bonds. The number of carbonyl (C=O) groups excluding carboxylic acids is 1. The SMILES string of the molecule is COc1ccc(C(=O)N[C@@H](CO)c2ccccc2)cc1O. The molecule has 0 fully saturated rings. The molecule has 0 saturated heterocycles. The number of phenolic OH excluding ortho intramolecular Hbond substituents is 1. The Hall–Kier alpha value is -2.53. The van der Waals surface area contributed by atoms with Gasteiger partial charge in [-0.3, -0.25) is 4.79 Å². The van der Waals surface area contributed by atoms with Crippen molar-refractivity contribution in [3.05, 3.63) is 59.7 Å². The van der Waals surface area contributed by atoms with E-state index in [1.54, 1.807) is 6.07 Å². The number of aliphatic hydroxyl groups excluding tert-OH is 1. The van der Waals surface area contributed by atoms with Gasteiger partial charge in [0.15, 0.2) is 11.5 Å². The number of phenols is 1. The Bertz CT molecular complexity index is 613. The summed E-state index contributed by atoms with van der Waals surface area (Å²) in [5.74, 6) is -0.186. The van der Waals surface area contributed by atoms with Crippen molar-refractivity contribution in [3.63, 3.8) is 0 Å². The fraction of sp³-hybridized carbons (Fsp3) is 0.188. The van der Waals surface area contributed by atoms with Crippen LogP contribution < -0.4 is 10.1 Å². The van der Waals surface area contributed by atoms with Crippen LogP contribution in [0.3, 0.4) is 0 Å². The third-order valence-corrected chi connectivity index (χ3v) is 3.13. The molecule has 0 radical (unpaired) electrons. The molecule has 0 spiro atoms. The van der Waals surface area contributed by atoms with Crippen LogP contribution in [0.5, 0.6) is 11.5 Å². The first-order chi connectivity index (χ1) is 10.2. The van der Waals surface area contributed by atoms with Gasteiger partial charge in [0, 0.05) is 5.56 Å². The first-order valence-corrected chi connectivity index (χ1v) is 6.49. The van der Waals surface area contributed by atoms with Gasteiger partial charge in [0.25, 0.3) is 5.91 Å². The molecular weight excluding hydrogens is 270 g/mol. The molecule has 0 aliphatic heterocycles. The average Bonchev–Trinajstić information content (AvgIpc) is 2.53. The van der Waals surface area contributed by atoms with Crippen molar-refractivity contribution < 1.29 is 19.7 Å². The standard InChI is InChI=1S/C16H17NO4/c1-21-15-8-7-12(9-14(15)19)16(20)17-13(10-18)11-5-3-2-4-6-11/h2-9,13,18-19H,10H2,1H3,(H,17,20)/t13-/m0/s1. The van der Waals surface area contributed by atoms with Crippen LogP contribution >= 0.6 is 0 Å². The van der Waals surface area contributed by atoms with E-state index < -0.39 is 6.04 Å². The zero-order chi connectivity index (χ0) is 15.2. The van der Waals surface area contributed by atoms with E-state index in [9.17, 15) is 15.0 Å². The van der Waals surface area contributed by atoms with Crippen LogP contribution in [-0.4, -0.2) is 29.8 Å². The van der Waals surface area contributed by atoms with Gasteiger partial charge in [-0.15, -0.1) is 0 Å². The van der Waals surface area contributed by atoms with Crippen LogP contribution in [0.25, 0.3) is 0 Å². The molecule has 0 heterocycles. The lowest BCUT2D eigenvalue weighted by Gasteiger charge is -2.17. The molecular formula is C16H17NO4. The van der Waals surface area contributed by atoms with Crippen molar-refractivity contribution in [2.75, 3.05) is 13.7 Å². The van der Waals surface area contributed by atoms with Gasteiger partial charge in [0.05, 0.1) is 19.8 Å². The van der Waals surface area contributed by atoms with Crippen molar-refractivity contribution in [2.24, 2.45) is 0 Å². The Morgan fingerprint density at radius 3 is 2.52 bits per heavy atom. The number of aromatic hydroxyl groups is 1. The van der Waals surface area contributed by atoms with E-state index in [1.165, 1.54) is 19.2 Å². The summed E-state index contributed by atoms with van der Waals surface area (Å²) < 4.78 is 4.93. The quantitative estimate of drug-likeness (QED) is 0.784. The maximum atomic E-state index is 12.2. The second-order valence-electron chi connectivity index (χ2n) is 4.51. The zero-order valence-electron chi connectivity index (χ0n) is 11.6. The molecule has 3 N–H and O–H groups in total. The number of hydrogen-bond acceptors (Lipinski definition) is 4. The van der Waals surface area contributed by atoms with E-state index in [0.29, 0.717) is 11.3 Å². The van der Waals surface area contributed by atoms with Crippen molar-refractivity contribution in [1.82, 2.24) is 5.32 Å². The summed E-state index contributed by atoms with van der Waals surface area (Å²) in [6.45, 7) is -0.210. The van der Waals surface area contributed by atoms with Crippen LogP contribution in [0.4, 0.5) is 0 Å². The Labute approximate surface area is 122 Å². The second-order valence-corrected chi connectivity index (χ2v) is 4.51. The van der Waals surface area contributed by atoms with E-state index >= 15 is 0 Å². The number of nitrogens with one attached hydrogen (secondary N) is 1. The third-order valence-electron chi connectivity index (χ3n) is 3.13. The number of methoxy groups -OCH3 is 1. The number of hydrogen-bond donors (Lipinski definition) is 3. The summed E-state index contributed by atoms with van der Waals surface area (Å²) in [4.78, 5) is 12.2. The number of ether oxygens (including phenoxy) is 1. The minimum absolute atomic E-state index is 0.106. The zero-order valence-corrected chi connectivity index (χ0v) is 11.6. The van der Waals surface area contributed by atoms with Gasteiger partial charge in [-0.1, -0.05) is 30.3 Å². The molecule has 110 valence electrons. The molecule has 2 aromatic carbocycles. The Morgan fingerprint density at radius 1 is 1.24 bits per heavy atom. The van der Waals surface area contributed by atoms with Crippen LogP contribution in [-0.2, 0) is 0 Å². The summed E-state index contributed by atoms with van der Waals surface area (Å²) in [6.07, 6.45) is 0. The van der Waals surface area contributed by atoms with Crippen molar-refractivity contribution in [3.8, 4) is 11.5 Å². The van der Waals surface area contributed by atoms with Crippen LogP contribution in [0.1, 0.15) is 22.0 Å². The minimum atomic E-state index is -0.497. The second kappa shape index (κ2) is 6.76. The normalized spacial score (nSPS) is 11.7. The fourth-order valence-electron chi connectivity index (χ4n) is 1.99. The number of rotatable bonds is 5. The summed E-state index contributed by atoms with van der Waals surface area (Å²) in [5, 5.41) is 21.8. The molecule has 21 heavy (non-hydrogen) atoms. The van der Waals surface area contributed by atoms with Gasteiger partial charge < -0.3 is 20.3 Å². The Morgan fingerprint density at radius 2 is 1.95 bits per heavy atom. The largest absolute Gasteiger partial charge is 0.504 e. The highest BCUT2D eigenvalue weighted by Crippen LogP contribution is 2.26. The summed E-state index contributed by atoms with van der Waals surface area (Å²) in [6, 6.07) is 13.1. The van der Waals surface area contributed by atoms with Gasteiger partial charge in [0.2, 0.25) is 0 Å². The van der Waals surface area contributed by atoms with Crippen molar-refractivity contribution in [2.45, 2.75) is 6.04 Å². The summed E-state index contributed by atoms with van der Waals surface area (Å²) in [5.41, 5.74) is 1.11. The molecule has 0 aromatic heterocycles. The third kappa shape index (κ3) is 3.52. The Balaban J connectivity index is 2.15. The lowest BCUT2D eigenvalue weighted by atomic mass is 10.1. The van der Waals surface area contributed by atoms with Gasteiger partial charge in [-0.05, 0) is 23.8 Å². The van der Waals surface area contributed by atoms with Gasteiger partial charge in [0.1, 0.15) is 0 Å². The lowest BCUT2D eigenvalue weighted by molar-refractivity contribution is 0.0915. The predicted octanol–water partition coefficient (Wildman–Crippen LogP) is 1.86. The van der Waals surface area contributed by atoms with E-state index in [2.05, 4.69) is 5.32 Å². The molecule has 0 unspecified atom stereocenters. The first-order valence-electron chi connectivity index (χ1n) is 6.49.